The molecule has 18 heavy (non-hydrogen) atoms. The molecule has 5 nitrogen and oxygen atoms in total. The second kappa shape index (κ2) is 5.89. The monoisotopic (exact) mass is 252 g/mol. The first-order valence-corrected chi connectivity index (χ1v) is 6.51. The van der Waals surface area contributed by atoms with Crippen molar-refractivity contribution in [2.75, 3.05) is 18.8 Å². The molecule has 1 amide bonds. The van der Waals surface area contributed by atoms with Gasteiger partial charge in [0.25, 0.3) is 5.91 Å². The first-order chi connectivity index (χ1) is 8.38. The summed E-state index contributed by atoms with van der Waals surface area (Å²) in [5, 5.41) is 6.94. The number of rotatable bonds is 5. The van der Waals surface area contributed by atoms with Crippen LogP contribution in [0.4, 0.5) is 5.69 Å². The smallest absolute Gasteiger partial charge is 0.276 e. The Kier molecular flexibility index (Phi) is 4.76. The Hall–Kier alpha value is -1.52. The molecule has 0 aliphatic heterocycles. The number of aromatic nitrogens is 2. The molecule has 1 heterocycles. The van der Waals surface area contributed by atoms with Crippen LogP contribution in [0.2, 0.25) is 0 Å². The van der Waals surface area contributed by atoms with Crippen molar-refractivity contribution < 1.29 is 4.79 Å². The summed E-state index contributed by atoms with van der Waals surface area (Å²) in [4.78, 5) is 14.1. The molecular formula is C13H24N4O. The van der Waals surface area contributed by atoms with E-state index in [4.69, 9.17) is 5.73 Å². The SMILES string of the molecule is CCN(CC(C)C)C(=O)c1n[nH]c(C(C)C)c1N. The molecule has 102 valence electrons. The highest BCUT2D eigenvalue weighted by molar-refractivity contribution is 5.97. The van der Waals surface area contributed by atoms with E-state index in [0.29, 0.717) is 23.8 Å². The van der Waals surface area contributed by atoms with Crippen molar-refractivity contribution in [2.45, 2.75) is 40.5 Å². The summed E-state index contributed by atoms with van der Waals surface area (Å²) in [6.45, 7) is 11.6. The van der Waals surface area contributed by atoms with Crippen LogP contribution in [0.3, 0.4) is 0 Å². The Morgan fingerprint density at radius 2 is 2.00 bits per heavy atom. The highest BCUT2D eigenvalue weighted by Gasteiger charge is 2.23. The lowest BCUT2D eigenvalue weighted by Gasteiger charge is -2.22. The van der Waals surface area contributed by atoms with E-state index in [1.165, 1.54) is 0 Å². The van der Waals surface area contributed by atoms with Gasteiger partial charge >= 0.3 is 0 Å². The lowest BCUT2D eigenvalue weighted by molar-refractivity contribution is 0.0741. The molecule has 0 saturated carbocycles. The molecule has 1 aromatic heterocycles. The Morgan fingerprint density at radius 3 is 2.39 bits per heavy atom. The molecule has 0 unspecified atom stereocenters. The average Bonchev–Trinajstić information content (AvgIpc) is 2.66. The Bertz CT molecular complexity index is 409. The number of H-pyrrole nitrogens is 1. The third kappa shape index (κ3) is 3.03. The number of nitrogens with two attached hydrogens (primary N) is 1. The number of amides is 1. The first-order valence-electron chi connectivity index (χ1n) is 6.51. The van der Waals surface area contributed by atoms with Gasteiger partial charge in [0.2, 0.25) is 0 Å². The standard InChI is InChI=1S/C13H24N4O/c1-6-17(7-8(2)3)13(18)12-10(14)11(9(4)5)15-16-12/h8-9H,6-7,14H2,1-5H3,(H,15,16). The third-order valence-electron chi connectivity index (χ3n) is 2.87. The minimum atomic E-state index is -0.0909. The van der Waals surface area contributed by atoms with Crippen molar-refractivity contribution in [3.05, 3.63) is 11.4 Å². The van der Waals surface area contributed by atoms with Crippen molar-refractivity contribution >= 4 is 11.6 Å². The van der Waals surface area contributed by atoms with E-state index >= 15 is 0 Å². The molecular weight excluding hydrogens is 228 g/mol. The highest BCUT2D eigenvalue weighted by atomic mass is 16.2. The number of carbonyl (C=O) groups is 1. The second-order valence-corrected chi connectivity index (χ2v) is 5.29. The Labute approximate surface area is 109 Å². The van der Waals surface area contributed by atoms with Gasteiger partial charge in [0.05, 0.1) is 11.4 Å². The van der Waals surface area contributed by atoms with Crippen LogP contribution in [0, 0.1) is 5.92 Å². The first kappa shape index (κ1) is 14.5. The number of aromatic amines is 1. The summed E-state index contributed by atoms with van der Waals surface area (Å²) in [5.41, 5.74) is 7.65. The summed E-state index contributed by atoms with van der Waals surface area (Å²) < 4.78 is 0. The summed E-state index contributed by atoms with van der Waals surface area (Å²) in [6.07, 6.45) is 0. The topological polar surface area (TPSA) is 75.0 Å². The van der Waals surface area contributed by atoms with E-state index in [0.717, 1.165) is 12.2 Å². The van der Waals surface area contributed by atoms with Crippen LogP contribution in [0.1, 0.15) is 56.7 Å². The van der Waals surface area contributed by atoms with Crippen molar-refractivity contribution in [3.8, 4) is 0 Å². The van der Waals surface area contributed by atoms with Gasteiger partial charge in [-0.05, 0) is 18.8 Å². The number of nitrogens with zero attached hydrogens (tertiary/aromatic N) is 2. The van der Waals surface area contributed by atoms with E-state index in [2.05, 4.69) is 24.0 Å². The van der Waals surface area contributed by atoms with Crippen LogP contribution in [0.15, 0.2) is 0 Å². The van der Waals surface area contributed by atoms with E-state index in [1.807, 2.05) is 20.8 Å². The van der Waals surface area contributed by atoms with Gasteiger partial charge < -0.3 is 10.6 Å². The molecule has 0 aliphatic carbocycles. The zero-order valence-electron chi connectivity index (χ0n) is 11.9. The predicted molar refractivity (Wildman–Crippen MR) is 73.5 cm³/mol. The lowest BCUT2D eigenvalue weighted by Crippen LogP contribution is -2.34. The van der Waals surface area contributed by atoms with E-state index in [1.54, 1.807) is 4.90 Å². The zero-order valence-corrected chi connectivity index (χ0v) is 11.9. The molecule has 5 heteroatoms. The highest BCUT2D eigenvalue weighted by Crippen LogP contribution is 2.23. The van der Waals surface area contributed by atoms with Crippen molar-refractivity contribution in [1.82, 2.24) is 15.1 Å². The van der Waals surface area contributed by atoms with Gasteiger partial charge in [0.15, 0.2) is 5.69 Å². The lowest BCUT2D eigenvalue weighted by atomic mass is 10.1. The number of carbonyl (C=O) groups excluding carboxylic acids is 1. The van der Waals surface area contributed by atoms with Gasteiger partial charge in [-0.3, -0.25) is 9.89 Å². The maximum Gasteiger partial charge on any atom is 0.276 e. The van der Waals surface area contributed by atoms with Crippen molar-refractivity contribution in [3.63, 3.8) is 0 Å². The molecule has 0 atom stereocenters. The number of nitrogens with one attached hydrogen (secondary N) is 1. The fourth-order valence-corrected chi connectivity index (χ4v) is 1.91. The van der Waals surface area contributed by atoms with Crippen LogP contribution >= 0.6 is 0 Å². The number of hydrogen-bond donors (Lipinski definition) is 2. The average molecular weight is 252 g/mol. The van der Waals surface area contributed by atoms with Crippen LogP contribution in [0.25, 0.3) is 0 Å². The fourth-order valence-electron chi connectivity index (χ4n) is 1.91. The third-order valence-corrected chi connectivity index (χ3v) is 2.87. The summed E-state index contributed by atoms with van der Waals surface area (Å²) in [6, 6.07) is 0. The van der Waals surface area contributed by atoms with Crippen LogP contribution in [-0.2, 0) is 0 Å². The molecule has 0 bridgehead atoms. The normalized spacial score (nSPS) is 11.3. The molecule has 1 aromatic rings. The van der Waals surface area contributed by atoms with Crippen LogP contribution in [-0.4, -0.2) is 34.1 Å². The quantitative estimate of drug-likeness (QED) is 0.843. The Balaban J connectivity index is 2.95. The minimum Gasteiger partial charge on any atom is -0.395 e. The van der Waals surface area contributed by atoms with Gasteiger partial charge in [-0.2, -0.15) is 5.10 Å². The second-order valence-electron chi connectivity index (χ2n) is 5.29. The van der Waals surface area contributed by atoms with Crippen LogP contribution in [0.5, 0.6) is 0 Å². The van der Waals surface area contributed by atoms with Gasteiger partial charge in [-0.25, -0.2) is 0 Å². The number of hydrogen-bond acceptors (Lipinski definition) is 3. The summed E-state index contributed by atoms with van der Waals surface area (Å²) in [5.74, 6) is 0.574. The molecule has 1 rings (SSSR count). The molecule has 0 radical (unpaired) electrons. The van der Waals surface area contributed by atoms with Gasteiger partial charge in [-0.1, -0.05) is 27.7 Å². The summed E-state index contributed by atoms with van der Waals surface area (Å²) >= 11 is 0. The molecule has 0 saturated heterocycles. The minimum absolute atomic E-state index is 0.0909. The fraction of sp³-hybridized carbons (Fsp3) is 0.692. The maximum atomic E-state index is 12.3. The number of anilines is 1. The molecule has 0 aromatic carbocycles. The van der Waals surface area contributed by atoms with Gasteiger partial charge in [0, 0.05) is 13.1 Å². The Morgan fingerprint density at radius 1 is 1.39 bits per heavy atom. The van der Waals surface area contributed by atoms with Crippen molar-refractivity contribution in [2.24, 2.45) is 5.92 Å². The largest absolute Gasteiger partial charge is 0.395 e. The molecule has 3 N–H and O–H groups in total. The van der Waals surface area contributed by atoms with E-state index in [9.17, 15) is 4.79 Å². The van der Waals surface area contributed by atoms with Crippen LogP contribution < -0.4 is 5.73 Å². The number of nitrogen functional groups attached to an aromatic ring is 1. The molecule has 0 aliphatic rings. The molecule has 0 fully saturated rings. The zero-order chi connectivity index (χ0) is 13.9. The maximum absolute atomic E-state index is 12.3. The van der Waals surface area contributed by atoms with Gasteiger partial charge in [0.1, 0.15) is 0 Å². The summed E-state index contributed by atoms with van der Waals surface area (Å²) in [7, 11) is 0. The van der Waals surface area contributed by atoms with Gasteiger partial charge in [-0.15, -0.1) is 0 Å². The molecule has 0 spiro atoms. The van der Waals surface area contributed by atoms with E-state index < -0.39 is 0 Å². The predicted octanol–water partition coefficient (Wildman–Crippen LogP) is 2.23. The van der Waals surface area contributed by atoms with Crippen molar-refractivity contribution in [1.29, 1.82) is 0 Å². The van der Waals surface area contributed by atoms with E-state index in [-0.39, 0.29) is 11.8 Å².